The highest BCUT2D eigenvalue weighted by atomic mass is 16.3. The Kier molecular flexibility index (Phi) is 9.06. The first-order chi connectivity index (χ1) is 7.02. The van der Waals surface area contributed by atoms with Crippen LogP contribution in [0.2, 0.25) is 0 Å². The monoisotopic (exact) mass is 216 g/mol. The minimum atomic E-state index is -0.245. The van der Waals surface area contributed by atoms with Gasteiger partial charge in [0, 0.05) is 13.1 Å². The zero-order valence-corrected chi connectivity index (χ0v) is 10.8. The fraction of sp³-hybridized carbons (Fsp3) is 1.00. The van der Waals surface area contributed by atoms with Gasteiger partial charge in [0.2, 0.25) is 0 Å². The summed E-state index contributed by atoms with van der Waals surface area (Å²) in [6.07, 6.45) is 3.56. The summed E-state index contributed by atoms with van der Waals surface area (Å²) in [6.45, 7) is 6.98. The first-order valence-corrected chi connectivity index (χ1v) is 6.06. The Balaban J connectivity index is 3.16. The largest absolute Gasteiger partial charge is 0.390 e. The molecular formula is C12H28N2O. The molecule has 0 saturated carbocycles. The van der Waals surface area contributed by atoms with Crippen LogP contribution in [0.3, 0.4) is 0 Å². The summed E-state index contributed by atoms with van der Waals surface area (Å²) < 4.78 is 0. The standard InChI is InChI=1S/C12H28N2O/c1-11(2)7-5-6-8-13-9-12(15)10-14(3)4/h11-13,15H,5-10H2,1-4H3. The molecule has 0 fully saturated rings. The second kappa shape index (κ2) is 9.13. The Bertz CT molecular complexity index is 138. The van der Waals surface area contributed by atoms with Crippen LogP contribution in [0.1, 0.15) is 33.1 Å². The van der Waals surface area contributed by atoms with E-state index in [-0.39, 0.29) is 6.10 Å². The van der Waals surface area contributed by atoms with Gasteiger partial charge >= 0.3 is 0 Å². The Hall–Kier alpha value is -0.120. The number of aliphatic hydroxyl groups is 1. The van der Waals surface area contributed by atoms with Crippen LogP contribution in [-0.2, 0) is 0 Å². The molecule has 3 heteroatoms. The molecule has 0 spiro atoms. The molecule has 92 valence electrons. The van der Waals surface area contributed by atoms with Gasteiger partial charge in [0.05, 0.1) is 6.10 Å². The maximum atomic E-state index is 9.56. The molecule has 0 saturated heterocycles. The van der Waals surface area contributed by atoms with Gasteiger partial charge in [0.1, 0.15) is 0 Å². The summed E-state index contributed by atoms with van der Waals surface area (Å²) in [4.78, 5) is 2.01. The van der Waals surface area contributed by atoms with Crippen molar-refractivity contribution in [3.05, 3.63) is 0 Å². The lowest BCUT2D eigenvalue weighted by molar-refractivity contribution is 0.135. The number of aliphatic hydroxyl groups excluding tert-OH is 1. The van der Waals surface area contributed by atoms with Crippen molar-refractivity contribution < 1.29 is 5.11 Å². The molecule has 0 aromatic rings. The number of hydrogen-bond donors (Lipinski definition) is 2. The van der Waals surface area contributed by atoms with Crippen molar-refractivity contribution in [3.63, 3.8) is 0 Å². The van der Waals surface area contributed by atoms with Crippen molar-refractivity contribution in [2.45, 2.75) is 39.2 Å². The van der Waals surface area contributed by atoms with E-state index in [1.165, 1.54) is 19.3 Å². The van der Waals surface area contributed by atoms with E-state index in [0.29, 0.717) is 6.54 Å². The second-order valence-corrected chi connectivity index (χ2v) is 5.01. The molecule has 0 aliphatic carbocycles. The molecule has 0 aromatic heterocycles. The SMILES string of the molecule is CC(C)CCCCNCC(O)CN(C)C. The molecule has 0 aromatic carbocycles. The fourth-order valence-electron chi connectivity index (χ4n) is 1.56. The van der Waals surface area contributed by atoms with Gasteiger partial charge in [0.15, 0.2) is 0 Å². The molecule has 0 rings (SSSR count). The van der Waals surface area contributed by atoms with Crippen LogP contribution < -0.4 is 5.32 Å². The van der Waals surface area contributed by atoms with Crippen LogP contribution in [0.5, 0.6) is 0 Å². The maximum absolute atomic E-state index is 9.56. The lowest BCUT2D eigenvalue weighted by Crippen LogP contribution is -2.35. The van der Waals surface area contributed by atoms with Gasteiger partial charge in [0.25, 0.3) is 0 Å². The topological polar surface area (TPSA) is 35.5 Å². The third-order valence-corrected chi connectivity index (χ3v) is 2.34. The van der Waals surface area contributed by atoms with Crippen molar-refractivity contribution >= 4 is 0 Å². The summed E-state index contributed by atoms with van der Waals surface area (Å²) in [5.74, 6) is 0.810. The fourth-order valence-corrected chi connectivity index (χ4v) is 1.56. The highest BCUT2D eigenvalue weighted by Crippen LogP contribution is 2.04. The van der Waals surface area contributed by atoms with E-state index >= 15 is 0 Å². The average Bonchev–Trinajstić information content (AvgIpc) is 2.09. The van der Waals surface area contributed by atoms with E-state index in [1.807, 2.05) is 19.0 Å². The predicted molar refractivity (Wildman–Crippen MR) is 66.1 cm³/mol. The van der Waals surface area contributed by atoms with Gasteiger partial charge in [-0.05, 0) is 33.0 Å². The summed E-state index contributed by atoms with van der Waals surface area (Å²) in [5.41, 5.74) is 0. The summed E-state index contributed by atoms with van der Waals surface area (Å²) in [5, 5.41) is 12.8. The molecule has 2 N–H and O–H groups in total. The van der Waals surface area contributed by atoms with Gasteiger partial charge in [-0.25, -0.2) is 0 Å². The van der Waals surface area contributed by atoms with E-state index < -0.39 is 0 Å². The average molecular weight is 216 g/mol. The Morgan fingerprint density at radius 2 is 1.87 bits per heavy atom. The molecular weight excluding hydrogens is 188 g/mol. The zero-order chi connectivity index (χ0) is 11.7. The molecule has 0 heterocycles. The smallest absolute Gasteiger partial charge is 0.0791 e. The van der Waals surface area contributed by atoms with E-state index in [9.17, 15) is 5.11 Å². The number of nitrogens with one attached hydrogen (secondary N) is 1. The highest BCUT2D eigenvalue weighted by Gasteiger charge is 2.03. The third kappa shape index (κ3) is 11.8. The van der Waals surface area contributed by atoms with E-state index in [2.05, 4.69) is 19.2 Å². The maximum Gasteiger partial charge on any atom is 0.0791 e. The third-order valence-electron chi connectivity index (χ3n) is 2.34. The van der Waals surface area contributed by atoms with Crippen molar-refractivity contribution in [1.29, 1.82) is 0 Å². The Morgan fingerprint density at radius 1 is 1.20 bits per heavy atom. The summed E-state index contributed by atoms with van der Waals surface area (Å²) in [7, 11) is 3.96. The van der Waals surface area contributed by atoms with Crippen molar-refractivity contribution in [2.24, 2.45) is 5.92 Å². The van der Waals surface area contributed by atoms with Gasteiger partial charge in [-0.1, -0.05) is 26.7 Å². The van der Waals surface area contributed by atoms with Crippen LogP contribution in [0.15, 0.2) is 0 Å². The molecule has 0 amide bonds. The van der Waals surface area contributed by atoms with Crippen LogP contribution >= 0.6 is 0 Å². The van der Waals surface area contributed by atoms with Crippen molar-refractivity contribution in [1.82, 2.24) is 10.2 Å². The van der Waals surface area contributed by atoms with Gasteiger partial charge in [-0.3, -0.25) is 0 Å². The minimum Gasteiger partial charge on any atom is -0.390 e. The predicted octanol–water partition coefficient (Wildman–Crippen LogP) is 1.32. The molecule has 0 bridgehead atoms. The number of unbranched alkanes of at least 4 members (excludes halogenated alkanes) is 1. The summed E-state index contributed by atoms with van der Waals surface area (Å²) in [6, 6.07) is 0. The molecule has 1 atom stereocenters. The number of hydrogen-bond acceptors (Lipinski definition) is 3. The van der Waals surface area contributed by atoms with Crippen LogP contribution in [-0.4, -0.2) is 49.8 Å². The Labute approximate surface area is 94.9 Å². The molecule has 15 heavy (non-hydrogen) atoms. The van der Waals surface area contributed by atoms with Gasteiger partial charge in [-0.15, -0.1) is 0 Å². The first kappa shape index (κ1) is 14.9. The lowest BCUT2D eigenvalue weighted by Gasteiger charge is -2.16. The van der Waals surface area contributed by atoms with Gasteiger partial charge in [-0.2, -0.15) is 0 Å². The van der Waals surface area contributed by atoms with E-state index in [1.54, 1.807) is 0 Å². The van der Waals surface area contributed by atoms with Crippen molar-refractivity contribution in [2.75, 3.05) is 33.7 Å². The van der Waals surface area contributed by atoms with Crippen LogP contribution in [0.25, 0.3) is 0 Å². The molecule has 1 unspecified atom stereocenters. The lowest BCUT2D eigenvalue weighted by atomic mass is 10.1. The van der Waals surface area contributed by atoms with Gasteiger partial charge < -0.3 is 15.3 Å². The first-order valence-electron chi connectivity index (χ1n) is 6.06. The second-order valence-electron chi connectivity index (χ2n) is 5.01. The van der Waals surface area contributed by atoms with E-state index in [0.717, 1.165) is 19.0 Å². The molecule has 0 aliphatic heterocycles. The zero-order valence-electron chi connectivity index (χ0n) is 10.8. The normalized spacial score (nSPS) is 13.8. The summed E-state index contributed by atoms with van der Waals surface area (Å²) >= 11 is 0. The molecule has 3 nitrogen and oxygen atoms in total. The quantitative estimate of drug-likeness (QED) is 0.571. The molecule has 0 aliphatic rings. The Morgan fingerprint density at radius 3 is 2.40 bits per heavy atom. The minimum absolute atomic E-state index is 0.245. The van der Waals surface area contributed by atoms with Crippen molar-refractivity contribution in [3.8, 4) is 0 Å². The highest BCUT2D eigenvalue weighted by molar-refractivity contribution is 4.62. The number of rotatable bonds is 9. The van der Waals surface area contributed by atoms with Crippen LogP contribution in [0.4, 0.5) is 0 Å². The number of nitrogens with zero attached hydrogens (tertiary/aromatic N) is 1. The van der Waals surface area contributed by atoms with E-state index in [4.69, 9.17) is 0 Å². The van der Waals surface area contributed by atoms with Crippen LogP contribution in [0, 0.1) is 5.92 Å². The molecule has 0 radical (unpaired) electrons. The number of likely N-dealkylation sites (N-methyl/N-ethyl adjacent to an activating group) is 1.